The van der Waals surface area contributed by atoms with E-state index in [9.17, 15) is 4.79 Å². The first-order chi connectivity index (χ1) is 7.65. The SMILES string of the molecule is CNC(=O)C(C)n1ccc2c1CCCC2N. The number of hydrogen-bond donors (Lipinski definition) is 2. The normalized spacial score (nSPS) is 21.3. The second-order valence-electron chi connectivity index (χ2n) is 4.41. The highest BCUT2D eigenvalue weighted by Gasteiger charge is 2.23. The number of fused-ring (bicyclic) bond motifs is 1. The number of aromatic nitrogens is 1. The zero-order valence-corrected chi connectivity index (χ0v) is 9.86. The monoisotopic (exact) mass is 221 g/mol. The molecule has 88 valence electrons. The molecule has 2 rings (SSSR count). The van der Waals surface area contributed by atoms with E-state index < -0.39 is 0 Å². The van der Waals surface area contributed by atoms with Crippen LogP contribution in [0.5, 0.6) is 0 Å². The molecule has 0 bridgehead atoms. The maximum atomic E-state index is 11.6. The number of hydrogen-bond acceptors (Lipinski definition) is 2. The summed E-state index contributed by atoms with van der Waals surface area (Å²) in [6.07, 6.45) is 5.16. The molecule has 1 amide bonds. The van der Waals surface area contributed by atoms with Crippen molar-refractivity contribution in [3.05, 3.63) is 23.5 Å². The van der Waals surface area contributed by atoms with Gasteiger partial charge in [-0.15, -0.1) is 0 Å². The lowest BCUT2D eigenvalue weighted by atomic mass is 9.93. The molecule has 1 aliphatic carbocycles. The third-order valence-corrected chi connectivity index (χ3v) is 3.43. The average molecular weight is 221 g/mol. The molecule has 0 saturated carbocycles. The quantitative estimate of drug-likeness (QED) is 0.786. The molecule has 0 fully saturated rings. The molecule has 0 aromatic carbocycles. The van der Waals surface area contributed by atoms with Crippen LogP contribution in [-0.2, 0) is 11.2 Å². The van der Waals surface area contributed by atoms with Crippen molar-refractivity contribution in [3.63, 3.8) is 0 Å². The van der Waals surface area contributed by atoms with Crippen LogP contribution in [0.4, 0.5) is 0 Å². The van der Waals surface area contributed by atoms with Crippen molar-refractivity contribution in [1.29, 1.82) is 0 Å². The minimum Gasteiger partial charge on any atom is -0.357 e. The summed E-state index contributed by atoms with van der Waals surface area (Å²) in [7, 11) is 1.67. The highest BCUT2D eigenvalue weighted by molar-refractivity contribution is 5.79. The highest BCUT2D eigenvalue weighted by atomic mass is 16.2. The summed E-state index contributed by atoms with van der Waals surface area (Å²) in [5.74, 6) is 0.0394. The molecular weight excluding hydrogens is 202 g/mol. The predicted octanol–water partition coefficient (Wildman–Crippen LogP) is 1.13. The number of likely N-dealkylation sites (N-methyl/N-ethyl adjacent to an activating group) is 1. The first-order valence-electron chi connectivity index (χ1n) is 5.82. The number of carbonyl (C=O) groups excluding carboxylic acids is 1. The Labute approximate surface area is 95.8 Å². The summed E-state index contributed by atoms with van der Waals surface area (Å²) in [5.41, 5.74) is 8.50. The molecule has 16 heavy (non-hydrogen) atoms. The van der Waals surface area contributed by atoms with Crippen molar-refractivity contribution in [3.8, 4) is 0 Å². The third kappa shape index (κ3) is 1.73. The Kier molecular flexibility index (Phi) is 3.01. The van der Waals surface area contributed by atoms with Gasteiger partial charge in [0.25, 0.3) is 0 Å². The van der Waals surface area contributed by atoms with Gasteiger partial charge in [0.05, 0.1) is 0 Å². The van der Waals surface area contributed by atoms with E-state index in [4.69, 9.17) is 5.73 Å². The molecule has 0 aliphatic heterocycles. The molecule has 1 aromatic rings. The maximum absolute atomic E-state index is 11.6. The fraction of sp³-hybridized carbons (Fsp3) is 0.583. The number of amides is 1. The molecule has 1 aromatic heterocycles. The first-order valence-corrected chi connectivity index (χ1v) is 5.82. The Hall–Kier alpha value is -1.29. The first kappa shape index (κ1) is 11.2. The van der Waals surface area contributed by atoms with Crippen LogP contribution in [0.15, 0.2) is 12.3 Å². The van der Waals surface area contributed by atoms with Gasteiger partial charge in [0, 0.05) is 25.0 Å². The van der Waals surface area contributed by atoms with Crippen LogP contribution >= 0.6 is 0 Å². The average Bonchev–Trinajstić information content (AvgIpc) is 2.72. The summed E-state index contributed by atoms with van der Waals surface area (Å²) in [6, 6.07) is 2.04. The van der Waals surface area contributed by atoms with Crippen LogP contribution in [-0.4, -0.2) is 17.5 Å². The lowest BCUT2D eigenvalue weighted by molar-refractivity contribution is -0.123. The summed E-state index contributed by atoms with van der Waals surface area (Å²) in [5, 5.41) is 2.68. The van der Waals surface area contributed by atoms with Gasteiger partial charge in [0.1, 0.15) is 6.04 Å². The number of nitrogens with two attached hydrogens (primary N) is 1. The Bertz CT molecular complexity index is 397. The van der Waals surface area contributed by atoms with E-state index in [1.807, 2.05) is 17.7 Å². The van der Waals surface area contributed by atoms with Gasteiger partial charge < -0.3 is 15.6 Å². The topological polar surface area (TPSA) is 60.0 Å². The molecule has 0 spiro atoms. The standard InChI is InChI=1S/C12H19N3O/c1-8(12(16)14-2)15-7-6-9-10(13)4-3-5-11(9)15/h6-8,10H,3-5,13H2,1-2H3,(H,14,16). The van der Waals surface area contributed by atoms with E-state index >= 15 is 0 Å². The Balaban J connectivity index is 2.33. The summed E-state index contributed by atoms with van der Waals surface area (Å²) >= 11 is 0. The number of nitrogens with one attached hydrogen (secondary N) is 1. The summed E-state index contributed by atoms with van der Waals surface area (Å²) < 4.78 is 2.05. The van der Waals surface area contributed by atoms with Gasteiger partial charge in [-0.1, -0.05) is 0 Å². The van der Waals surface area contributed by atoms with Crippen LogP contribution in [0.3, 0.4) is 0 Å². The van der Waals surface area contributed by atoms with Gasteiger partial charge in [-0.05, 0) is 37.8 Å². The zero-order valence-electron chi connectivity index (χ0n) is 9.86. The lowest BCUT2D eigenvalue weighted by Gasteiger charge is -2.23. The van der Waals surface area contributed by atoms with E-state index in [-0.39, 0.29) is 18.0 Å². The van der Waals surface area contributed by atoms with Crippen molar-refractivity contribution < 1.29 is 4.79 Å². The summed E-state index contributed by atoms with van der Waals surface area (Å²) in [4.78, 5) is 11.6. The number of carbonyl (C=O) groups is 1. The zero-order chi connectivity index (χ0) is 11.7. The molecule has 3 N–H and O–H groups in total. The van der Waals surface area contributed by atoms with E-state index in [1.165, 1.54) is 11.3 Å². The molecule has 0 saturated heterocycles. The Morgan fingerprint density at radius 3 is 3.12 bits per heavy atom. The van der Waals surface area contributed by atoms with Crippen LogP contribution in [0.25, 0.3) is 0 Å². The highest BCUT2D eigenvalue weighted by Crippen LogP contribution is 2.30. The van der Waals surface area contributed by atoms with E-state index in [1.54, 1.807) is 7.05 Å². The number of nitrogens with zero attached hydrogens (tertiary/aromatic N) is 1. The molecule has 1 aliphatic rings. The van der Waals surface area contributed by atoms with E-state index in [0.29, 0.717) is 0 Å². The summed E-state index contributed by atoms with van der Waals surface area (Å²) in [6.45, 7) is 1.92. The van der Waals surface area contributed by atoms with Crippen molar-refractivity contribution in [2.24, 2.45) is 5.73 Å². The van der Waals surface area contributed by atoms with Crippen LogP contribution < -0.4 is 11.1 Å². The van der Waals surface area contributed by atoms with Gasteiger partial charge in [0.15, 0.2) is 0 Å². The van der Waals surface area contributed by atoms with Gasteiger partial charge in [-0.25, -0.2) is 0 Å². The third-order valence-electron chi connectivity index (χ3n) is 3.43. The van der Waals surface area contributed by atoms with Crippen molar-refractivity contribution in [2.75, 3.05) is 7.05 Å². The van der Waals surface area contributed by atoms with E-state index in [2.05, 4.69) is 11.4 Å². The Morgan fingerprint density at radius 1 is 1.69 bits per heavy atom. The predicted molar refractivity (Wildman–Crippen MR) is 63.1 cm³/mol. The smallest absolute Gasteiger partial charge is 0.242 e. The van der Waals surface area contributed by atoms with Crippen LogP contribution in [0.1, 0.15) is 43.1 Å². The van der Waals surface area contributed by atoms with E-state index in [0.717, 1.165) is 19.3 Å². The van der Waals surface area contributed by atoms with Gasteiger partial charge >= 0.3 is 0 Å². The fourth-order valence-electron chi connectivity index (χ4n) is 2.45. The van der Waals surface area contributed by atoms with Crippen molar-refractivity contribution >= 4 is 5.91 Å². The molecule has 2 unspecified atom stereocenters. The fourth-order valence-corrected chi connectivity index (χ4v) is 2.45. The van der Waals surface area contributed by atoms with Crippen molar-refractivity contribution in [1.82, 2.24) is 9.88 Å². The van der Waals surface area contributed by atoms with Crippen LogP contribution in [0.2, 0.25) is 0 Å². The van der Waals surface area contributed by atoms with Gasteiger partial charge in [-0.3, -0.25) is 4.79 Å². The van der Waals surface area contributed by atoms with Gasteiger partial charge in [-0.2, -0.15) is 0 Å². The molecule has 0 radical (unpaired) electrons. The minimum atomic E-state index is -0.154. The maximum Gasteiger partial charge on any atom is 0.242 e. The van der Waals surface area contributed by atoms with Crippen LogP contribution in [0, 0.1) is 0 Å². The lowest BCUT2D eigenvalue weighted by Crippen LogP contribution is -2.29. The largest absolute Gasteiger partial charge is 0.357 e. The second kappa shape index (κ2) is 4.29. The molecule has 1 heterocycles. The molecule has 2 atom stereocenters. The molecule has 4 nitrogen and oxygen atoms in total. The minimum absolute atomic E-state index is 0.0394. The molecular formula is C12H19N3O. The van der Waals surface area contributed by atoms with Crippen molar-refractivity contribution in [2.45, 2.75) is 38.3 Å². The second-order valence-corrected chi connectivity index (χ2v) is 4.41. The number of rotatable bonds is 2. The van der Waals surface area contributed by atoms with Gasteiger partial charge in [0.2, 0.25) is 5.91 Å². The molecule has 4 heteroatoms. The Morgan fingerprint density at radius 2 is 2.44 bits per heavy atom.